The Labute approximate surface area is 157 Å². The van der Waals surface area contributed by atoms with E-state index in [0.29, 0.717) is 0 Å². The van der Waals surface area contributed by atoms with E-state index in [2.05, 4.69) is 90.1 Å². The summed E-state index contributed by atoms with van der Waals surface area (Å²) in [5, 5.41) is 0. The van der Waals surface area contributed by atoms with E-state index < -0.39 is 0 Å². The third kappa shape index (κ3) is 7.90. The van der Waals surface area contributed by atoms with Crippen LogP contribution in [0.1, 0.15) is 91.5 Å². The molecule has 0 bridgehead atoms. The first kappa shape index (κ1) is 23.4. The maximum absolute atomic E-state index is 2.26. The zero-order chi connectivity index (χ0) is 19.7. The molecule has 0 N–H and O–H groups in total. The summed E-state index contributed by atoms with van der Waals surface area (Å²) in [6.45, 7) is 21.5. The fourth-order valence-electron chi connectivity index (χ4n) is 2.48. The molecular weight excluding hydrogens is 300 g/mol. The summed E-state index contributed by atoms with van der Waals surface area (Å²) >= 11 is 0. The summed E-state index contributed by atoms with van der Waals surface area (Å²) in [7, 11) is 0. The quantitative estimate of drug-likeness (QED) is 0.520. The van der Waals surface area contributed by atoms with Crippen molar-refractivity contribution in [1.29, 1.82) is 0 Å². The molecule has 0 radical (unpaired) electrons. The van der Waals surface area contributed by atoms with Gasteiger partial charge >= 0.3 is 0 Å². The van der Waals surface area contributed by atoms with Crippen molar-refractivity contribution in [1.82, 2.24) is 0 Å². The Morgan fingerprint density at radius 2 is 0.720 bits per heavy atom. The van der Waals surface area contributed by atoms with Crippen molar-refractivity contribution < 1.29 is 0 Å². The minimum absolute atomic E-state index is 0.229. The summed E-state index contributed by atoms with van der Waals surface area (Å²) in [6.07, 6.45) is 1.01. The molecule has 0 aliphatic carbocycles. The van der Waals surface area contributed by atoms with Gasteiger partial charge < -0.3 is 0 Å². The van der Waals surface area contributed by atoms with Gasteiger partial charge in [-0.15, -0.1) is 0 Å². The number of benzene rings is 2. The lowest BCUT2D eigenvalue weighted by Gasteiger charge is -2.20. The minimum Gasteiger partial charge on any atom is -0.0683 e. The Morgan fingerprint density at radius 1 is 0.480 bits per heavy atom. The first-order chi connectivity index (χ1) is 11.7. The molecule has 0 saturated heterocycles. The second kappa shape index (κ2) is 10.4. The Kier molecular flexibility index (Phi) is 9.78. The molecule has 0 amide bonds. The molecule has 0 saturated carbocycles. The number of rotatable bonds is 2. The molecule has 2 aromatic carbocycles. The van der Waals surface area contributed by atoms with Gasteiger partial charge in [-0.2, -0.15) is 0 Å². The first-order valence-electron chi connectivity index (χ1n) is 9.85. The molecule has 0 fully saturated rings. The molecule has 0 atom stereocenters. The second-order valence-electron chi connectivity index (χ2n) is 8.07. The highest BCUT2D eigenvalue weighted by molar-refractivity contribution is 5.33. The SMILES string of the molecule is CC.CC.CC(C)(C)c1ccc(Cc2ccc(C(C)(C)C)cc2)cc1. The van der Waals surface area contributed by atoms with Crippen LogP contribution in [0.15, 0.2) is 48.5 Å². The van der Waals surface area contributed by atoms with Gasteiger partial charge in [0.25, 0.3) is 0 Å². The van der Waals surface area contributed by atoms with Crippen LogP contribution >= 0.6 is 0 Å². The van der Waals surface area contributed by atoms with E-state index in [9.17, 15) is 0 Å². The standard InChI is InChI=1S/C21H28.2C2H6/c1-20(2,3)18-11-7-16(8-12-18)15-17-9-13-19(14-10-17)21(4,5)6;2*1-2/h7-14H,15H2,1-6H3;2*1-2H3. The molecule has 0 aliphatic rings. The lowest BCUT2D eigenvalue weighted by Crippen LogP contribution is -2.11. The highest BCUT2D eigenvalue weighted by Gasteiger charge is 2.14. The maximum atomic E-state index is 2.26. The molecule has 140 valence electrons. The Morgan fingerprint density at radius 3 is 0.920 bits per heavy atom. The first-order valence-corrected chi connectivity index (χ1v) is 9.85. The Bertz CT molecular complexity index is 516. The van der Waals surface area contributed by atoms with Gasteiger partial charge in [-0.05, 0) is 39.5 Å². The van der Waals surface area contributed by atoms with Crippen LogP contribution in [0.3, 0.4) is 0 Å². The smallest absolute Gasteiger partial charge is 0.00258 e. The molecule has 2 rings (SSSR count). The molecular formula is C25H40. The second-order valence-corrected chi connectivity index (χ2v) is 8.07. The predicted molar refractivity (Wildman–Crippen MR) is 116 cm³/mol. The van der Waals surface area contributed by atoms with Gasteiger partial charge in [-0.1, -0.05) is 118 Å². The van der Waals surface area contributed by atoms with Crippen molar-refractivity contribution in [2.75, 3.05) is 0 Å². The molecule has 0 spiro atoms. The van der Waals surface area contributed by atoms with Gasteiger partial charge in [-0.3, -0.25) is 0 Å². The zero-order valence-corrected chi connectivity index (χ0v) is 18.3. The normalized spacial score (nSPS) is 11.0. The van der Waals surface area contributed by atoms with Crippen LogP contribution in [0.2, 0.25) is 0 Å². The van der Waals surface area contributed by atoms with Crippen molar-refractivity contribution in [2.45, 2.75) is 86.5 Å². The third-order valence-corrected chi connectivity index (χ3v) is 4.05. The van der Waals surface area contributed by atoms with Crippen molar-refractivity contribution >= 4 is 0 Å². The highest BCUT2D eigenvalue weighted by atomic mass is 14.2. The highest BCUT2D eigenvalue weighted by Crippen LogP contribution is 2.24. The summed E-state index contributed by atoms with van der Waals surface area (Å²) in [4.78, 5) is 0. The van der Waals surface area contributed by atoms with E-state index in [1.165, 1.54) is 22.3 Å². The van der Waals surface area contributed by atoms with Crippen LogP contribution < -0.4 is 0 Å². The van der Waals surface area contributed by atoms with Crippen LogP contribution in [-0.2, 0) is 17.3 Å². The molecule has 0 aliphatic heterocycles. The van der Waals surface area contributed by atoms with Crippen molar-refractivity contribution in [3.05, 3.63) is 70.8 Å². The monoisotopic (exact) mass is 340 g/mol. The minimum atomic E-state index is 0.229. The lowest BCUT2D eigenvalue weighted by atomic mass is 9.85. The summed E-state index contributed by atoms with van der Waals surface area (Å²) < 4.78 is 0. The van der Waals surface area contributed by atoms with E-state index in [4.69, 9.17) is 0 Å². The van der Waals surface area contributed by atoms with E-state index in [-0.39, 0.29) is 10.8 Å². The summed E-state index contributed by atoms with van der Waals surface area (Å²) in [6, 6.07) is 18.1. The molecule has 0 heterocycles. The van der Waals surface area contributed by atoms with Crippen LogP contribution in [0, 0.1) is 0 Å². The molecule has 2 aromatic rings. The Hall–Kier alpha value is -1.56. The Balaban J connectivity index is 0.00000134. The molecule has 25 heavy (non-hydrogen) atoms. The molecule has 0 unspecified atom stereocenters. The third-order valence-electron chi connectivity index (χ3n) is 4.05. The van der Waals surface area contributed by atoms with Crippen molar-refractivity contribution in [2.24, 2.45) is 0 Å². The number of hydrogen-bond donors (Lipinski definition) is 0. The van der Waals surface area contributed by atoms with Crippen LogP contribution in [0.4, 0.5) is 0 Å². The van der Waals surface area contributed by atoms with Gasteiger partial charge in [0, 0.05) is 0 Å². The fraction of sp³-hybridized carbons (Fsp3) is 0.520. The molecule has 0 nitrogen and oxygen atoms in total. The van der Waals surface area contributed by atoms with Gasteiger partial charge in [-0.25, -0.2) is 0 Å². The maximum Gasteiger partial charge on any atom is -0.00258 e. The van der Waals surface area contributed by atoms with Crippen molar-refractivity contribution in [3.8, 4) is 0 Å². The van der Waals surface area contributed by atoms with E-state index >= 15 is 0 Å². The van der Waals surface area contributed by atoms with Gasteiger partial charge in [0.1, 0.15) is 0 Å². The average molecular weight is 341 g/mol. The van der Waals surface area contributed by atoms with Crippen LogP contribution in [0.25, 0.3) is 0 Å². The topological polar surface area (TPSA) is 0 Å². The molecule has 0 aromatic heterocycles. The van der Waals surface area contributed by atoms with Crippen molar-refractivity contribution in [3.63, 3.8) is 0 Å². The van der Waals surface area contributed by atoms with E-state index in [1.54, 1.807) is 0 Å². The molecule has 0 heteroatoms. The van der Waals surface area contributed by atoms with Gasteiger partial charge in [0.2, 0.25) is 0 Å². The lowest BCUT2D eigenvalue weighted by molar-refractivity contribution is 0.590. The number of hydrogen-bond acceptors (Lipinski definition) is 0. The largest absolute Gasteiger partial charge is 0.0683 e. The van der Waals surface area contributed by atoms with Gasteiger partial charge in [0.05, 0.1) is 0 Å². The van der Waals surface area contributed by atoms with Gasteiger partial charge in [0.15, 0.2) is 0 Å². The summed E-state index contributed by atoms with van der Waals surface area (Å²) in [5.74, 6) is 0. The van der Waals surface area contributed by atoms with E-state index in [0.717, 1.165) is 6.42 Å². The summed E-state index contributed by atoms with van der Waals surface area (Å²) in [5.41, 5.74) is 6.02. The predicted octanol–water partition coefficient (Wildman–Crippen LogP) is 7.92. The average Bonchev–Trinajstić information content (AvgIpc) is 2.58. The van der Waals surface area contributed by atoms with E-state index in [1.807, 2.05) is 27.7 Å². The van der Waals surface area contributed by atoms with Crippen LogP contribution in [0.5, 0.6) is 0 Å². The van der Waals surface area contributed by atoms with Crippen LogP contribution in [-0.4, -0.2) is 0 Å². The zero-order valence-electron chi connectivity index (χ0n) is 18.3. The fourth-order valence-corrected chi connectivity index (χ4v) is 2.48.